The third kappa shape index (κ3) is 1.75. The molecule has 12 heavy (non-hydrogen) atoms. The number of rotatable bonds is 2. The van der Waals surface area contributed by atoms with Crippen molar-refractivity contribution in [3.63, 3.8) is 0 Å². The van der Waals surface area contributed by atoms with E-state index < -0.39 is 0 Å². The van der Waals surface area contributed by atoms with Crippen LogP contribution in [0.5, 0.6) is 0 Å². The molecular formula is C10H18N2. The maximum absolute atomic E-state index is 5.76. The first-order valence-electron chi connectivity index (χ1n) is 4.55. The summed E-state index contributed by atoms with van der Waals surface area (Å²) < 4.78 is 0. The number of aliphatic imine (C=N–C) groups is 1. The van der Waals surface area contributed by atoms with Crippen LogP contribution < -0.4 is 5.73 Å². The molecule has 0 amide bonds. The fourth-order valence-corrected chi connectivity index (χ4v) is 1.53. The first-order chi connectivity index (χ1) is 5.52. The first kappa shape index (κ1) is 9.46. The van der Waals surface area contributed by atoms with E-state index in [9.17, 15) is 0 Å². The highest BCUT2D eigenvalue weighted by molar-refractivity contribution is 5.94. The molecule has 0 fully saturated rings. The van der Waals surface area contributed by atoms with E-state index in [-0.39, 0.29) is 6.04 Å². The van der Waals surface area contributed by atoms with Crippen LogP contribution in [-0.2, 0) is 0 Å². The predicted molar refractivity (Wildman–Crippen MR) is 53.2 cm³/mol. The van der Waals surface area contributed by atoms with Crippen molar-refractivity contribution >= 4 is 5.71 Å². The molecule has 0 aliphatic carbocycles. The van der Waals surface area contributed by atoms with Crippen molar-refractivity contribution in [1.82, 2.24) is 0 Å². The van der Waals surface area contributed by atoms with E-state index in [0.29, 0.717) is 5.92 Å². The van der Waals surface area contributed by atoms with Gasteiger partial charge < -0.3 is 5.73 Å². The van der Waals surface area contributed by atoms with Crippen molar-refractivity contribution in [3.8, 4) is 0 Å². The number of nitrogens with zero attached hydrogens (tertiary/aromatic N) is 1. The molecule has 0 spiro atoms. The molecule has 0 saturated heterocycles. The average Bonchev–Trinajstić information content (AvgIpc) is 2.30. The minimum absolute atomic E-state index is 0.108. The van der Waals surface area contributed by atoms with E-state index in [1.165, 1.54) is 11.3 Å². The second-order valence-corrected chi connectivity index (χ2v) is 3.83. The standard InChI is InChI=1S/C10H18N2/c1-6(2)9-5-10(7(3)11)12-8(9)4/h6-7H,5,11H2,1-4H3. The zero-order valence-electron chi connectivity index (χ0n) is 8.39. The van der Waals surface area contributed by atoms with E-state index >= 15 is 0 Å². The third-order valence-electron chi connectivity index (χ3n) is 2.37. The Morgan fingerprint density at radius 3 is 2.17 bits per heavy atom. The molecule has 1 atom stereocenters. The number of allylic oxidation sites excluding steroid dienone is 2. The van der Waals surface area contributed by atoms with Crippen molar-refractivity contribution in [2.24, 2.45) is 16.6 Å². The fourth-order valence-electron chi connectivity index (χ4n) is 1.53. The Balaban J connectivity index is 2.73. The van der Waals surface area contributed by atoms with E-state index in [2.05, 4.69) is 25.8 Å². The van der Waals surface area contributed by atoms with Gasteiger partial charge in [-0.25, -0.2) is 0 Å². The van der Waals surface area contributed by atoms with Crippen LogP contribution in [-0.4, -0.2) is 11.8 Å². The molecule has 1 aliphatic rings. The molecule has 2 N–H and O–H groups in total. The zero-order valence-corrected chi connectivity index (χ0v) is 8.39. The van der Waals surface area contributed by atoms with Gasteiger partial charge in [-0.05, 0) is 25.3 Å². The molecule has 68 valence electrons. The fraction of sp³-hybridized carbons (Fsp3) is 0.700. The summed E-state index contributed by atoms with van der Waals surface area (Å²) in [4.78, 5) is 4.46. The molecule has 1 heterocycles. The summed E-state index contributed by atoms with van der Waals surface area (Å²) in [5.74, 6) is 0.602. The topological polar surface area (TPSA) is 38.4 Å². The summed E-state index contributed by atoms with van der Waals surface area (Å²) in [5, 5.41) is 0. The van der Waals surface area contributed by atoms with Gasteiger partial charge in [-0.3, -0.25) is 4.99 Å². The van der Waals surface area contributed by atoms with Crippen LogP contribution in [0, 0.1) is 5.92 Å². The summed E-state index contributed by atoms with van der Waals surface area (Å²) in [7, 11) is 0. The smallest absolute Gasteiger partial charge is 0.0404 e. The highest BCUT2D eigenvalue weighted by Gasteiger charge is 2.19. The Morgan fingerprint density at radius 1 is 1.33 bits per heavy atom. The Hall–Kier alpha value is -0.630. The summed E-state index contributed by atoms with van der Waals surface area (Å²) in [5.41, 5.74) is 9.52. The van der Waals surface area contributed by atoms with E-state index in [1.807, 2.05) is 6.92 Å². The van der Waals surface area contributed by atoms with Gasteiger partial charge in [-0.1, -0.05) is 13.8 Å². The SMILES string of the molecule is CC1=C(C(C)C)CC(C(C)N)=N1. The molecule has 0 saturated carbocycles. The Kier molecular flexibility index (Phi) is 2.68. The second kappa shape index (κ2) is 3.40. The maximum atomic E-state index is 5.76. The lowest BCUT2D eigenvalue weighted by molar-refractivity contribution is 0.745. The van der Waals surface area contributed by atoms with Gasteiger partial charge in [0.05, 0.1) is 0 Å². The van der Waals surface area contributed by atoms with E-state index in [0.717, 1.165) is 12.1 Å². The highest BCUT2D eigenvalue weighted by Crippen LogP contribution is 2.26. The Bertz CT molecular complexity index is 234. The van der Waals surface area contributed by atoms with Gasteiger partial charge in [-0.15, -0.1) is 0 Å². The van der Waals surface area contributed by atoms with E-state index in [1.54, 1.807) is 0 Å². The van der Waals surface area contributed by atoms with Gasteiger partial charge >= 0.3 is 0 Å². The number of hydrogen-bond donors (Lipinski definition) is 1. The lowest BCUT2D eigenvalue weighted by atomic mass is 9.97. The van der Waals surface area contributed by atoms with Crippen molar-refractivity contribution in [3.05, 3.63) is 11.3 Å². The molecule has 1 unspecified atom stereocenters. The average molecular weight is 166 g/mol. The van der Waals surface area contributed by atoms with Gasteiger partial charge in [0.15, 0.2) is 0 Å². The molecule has 0 bridgehead atoms. The number of hydrogen-bond acceptors (Lipinski definition) is 2. The summed E-state index contributed by atoms with van der Waals surface area (Å²) in [6.45, 7) is 8.48. The van der Waals surface area contributed by atoms with Gasteiger partial charge in [0.25, 0.3) is 0 Å². The molecule has 0 aromatic carbocycles. The van der Waals surface area contributed by atoms with Gasteiger partial charge in [0.2, 0.25) is 0 Å². The summed E-state index contributed by atoms with van der Waals surface area (Å²) >= 11 is 0. The highest BCUT2D eigenvalue weighted by atomic mass is 14.8. The minimum atomic E-state index is 0.108. The lowest BCUT2D eigenvalue weighted by Gasteiger charge is -2.08. The van der Waals surface area contributed by atoms with Crippen LogP contribution >= 0.6 is 0 Å². The molecule has 0 radical (unpaired) electrons. The van der Waals surface area contributed by atoms with Gasteiger partial charge in [0, 0.05) is 23.9 Å². The van der Waals surface area contributed by atoms with Crippen molar-refractivity contribution < 1.29 is 0 Å². The molecule has 1 rings (SSSR count). The van der Waals surface area contributed by atoms with Crippen LogP contribution in [0.15, 0.2) is 16.3 Å². The van der Waals surface area contributed by atoms with Crippen molar-refractivity contribution in [2.45, 2.75) is 40.2 Å². The lowest BCUT2D eigenvalue weighted by Crippen LogP contribution is -2.25. The van der Waals surface area contributed by atoms with Crippen molar-refractivity contribution in [2.75, 3.05) is 0 Å². The van der Waals surface area contributed by atoms with Crippen LogP contribution in [0.4, 0.5) is 0 Å². The largest absolute Gasteiger partial charge is 0.323 e. The Morgan fingerprint density at radius 2 is 1.92 bits per heavy atom. The summed E-state index contributed by atoms with van der Waals surface area (Å²) in [6.07, 6.45) is 0.987. The monoisotopic (exact) mass is 166 g/mol. The van der Waals surface area contributed by atoms with Gasteiger partial charge in [-0.2, -0.15) is 0 Å². The predicted octanol–water partition coefficient (Wildman–Crippen LogP) is 2.11. The maximum Gasteiger partial charge on any atom is 0.0404 e. The molecule has 0 aromatic heterocycles. The zero-order chi connectivity index (χ0) is 9.30. The van der Waals surface area contributed by atoms with E-state index in [4.69, 9.17) is 5.73 Å². The minimum Gasteiger partial charge on any atom is -0.323 e. The number of nitrogens with two attached hydrogens (primary N) is 1. The molecule has 2 heteroatoms. The molecule has 0 aromatic rings. The van der Waals surface area contributed by atoms with Crippen LogP contribution in [0.1, 0.15) is 34.1 Å². The quantitative estimate of drug-likeness (QED) is 0.670. The van der Waals surface area contributed by atoms with Crippen LogP contribution in [0.25, 0.3) is 0 Å². The third-order valence-corrected chi connectivity index (χ3v) is 2.37. The first-order valence-corrected chi connectivity index (χ1v) is 4.55. The van der Waals surface area contributed by atoms with Crippen LogP contribution in [0.2, 0.25) is 0 Å². The molecule has 2 nitrogen and oxygen atoms in total. The van der Waals surface area contributed by atoms with Crippen molar-refractivity contribution in [1.29, 1.82) is 0 Å². The van der Waals surface area contributed by atoms with Gasteiger partial charge in [0.1, 0.15) is 0 Å². The normalized spacial score (nSPS) is 20.3. The Labute approximate surface area is 74.6 Å². The van der Waals surface area contributed by atoms with Crippen LogP contribution in [0.3, 0.4) is 0 Å². The second-order valence-electron chi connectivity index (χ2n) is 3.83. The molecular weight excluding hydrogens is 148 g/mol. The summed E-state index contributed by atoms with van der Waals surface area (Å²) in [6, 6.07) is 0.108. The molecule has 1 aliphatic heterocycles.